The number of rotatable bonds is 2. The van der Waals surface area contributed by atoms with Gasteiger partial charge in [-0.15, -0.1) is 11.8 Å². The molecular weight excluding hydrogens is 216 g/mol. The average molecular weight is 230 g/mol. The Hall–Kier alpha value is -0.750. The lowest BCUT2D eigenvalue weighted by atomic mass is 10.2. The summed E-state index contributed by atoms with van der Waals surface area (Å²) in [5.41, 5.74) is 0. The monoisotopic (exact) mass is 230 g/mol. The van der Waals surface area contributed by atoms with E-state index in [0.717, 1.165) is 19.4 Å². The predicted molar refractivity (Wildman–Crippen MR) is 56.6 cm³/mol. The minimum atomic E-state index is -0.897. The molecule has 2 aliphatic rings. The van der Waals surface area contributed by atoms with E-state index in [4.69, 9.17) is 5.11 Å². The van der Waals surface area contributed by atoms with Gasteiger partial charge in [-0.25, -0.2) is 4.79 Å². The highest BCUT2D eigenvalue weighted by molar-refractivity contribution is 7.99. The predicted octanol–water partition coefficient (Wildman–Crippen LogP) is -0.276. The number of carbonyl (C=O) groups excluding carboxylic acids is 1. The molecule has 5 nitrogen and oxygen atoms in total. The highest BCUT2D eigenvalue weighted by atomic mass is 32.2. The number of carboxylic acids is 1. The standard InChI is InChI=1S/C9H14N2O3S/c12-8(6-2-1-3-10-6)11-5-15-4-7(11)9(13)14/h6-7,10H,1-5H2,(H,13,14)/t6-,7+/m1/s1. The number of hydrogen-bond acceptors (Lipinski definition) is 4. The van der Waals surface area contributed by atoms with Crippen LogP contribution in [0.1, 0.15) is 12.8 Å². The van der Waals surface area contributed by atoms with Gasteiger partial charge in [0.2, 0.25) is 5.91 Å². The van der Waals surface area contributed by atoms with Crippen LogP contribution >= 0.6 is 11.8 Å². The molecule has 0 aromatic carbocycles. The van der Waals surface area contributed by atoms with E-state index in [1.165, 1.54) is 16.7 Å². The van der Waals surface area contributed by atoms with Crippen molar-refractivity contribution in [3.8, 4) is 0 Å². The number of amides is 1. The second-order valence-electron chi connectivity index (χ2n) is 3.81. The summed E-state index contributed by atoms with van der Waals surface area (Å²) >= 11 is 1.50. The Morgan fingerprint density at radius 3 is 2.87 bits per heavy atom. The van der Waals surface area contributed by atoms with Crippen LogP contribution in [-0.4, -0.2) is 52.1 Å². The van der Waals surface area contributed by atoms with Crippen LogP contribution in [0.5, 0.6) is 0 Å². The smallest absolute Gasteiger partial charge is 0.327 e. The van der Waals surface area contributed by atoms with E-state index >= 15 is 0 Å². The first kappa shape index (κ1) is 10.8. The molecule has 2 N–H and O–H groups in total. The van der Waals surface area contributed by atoms with Gasteiger partial charge in [-0.3, -0.25) is 4.79 Å². The number of carbonyl (C=O) groups is 2. The molecule has 84 valence electrons. The van der Waals surface area contributed by atoms with Crippen molar-refractivity contribution in [3.63, 3.8) is 0 Å². The molecule has 1 amide bonds. The van der Waals surface area contributed by atoms with Crippen LogP contribution in [0.3, 0.4) is 0 Å². The molecule has 0 unspecified atom stereocenters. The van der Waals surface area contributed by atoms with Crippen LogP contribution in [0.4, 0.5) is 0 Å². The molecule has 2 fully saturated rings. The van der Waals surface area contributed by atoms with Crippen molar-refractivity contribution in [2.45, 2.75) is 24.9 Å². The van der Waals surface area contributed by atoms with Crippen LogP contribution in [0.15, 0.2) is 0 Å². The van der Waals surface area contributed by atoms with Gasteiger partial charge in [0.15, 0.2) is 0 Å². The Balaban J connectivity index is 2.02. The number of carboxylic acid groups (broad SMARTS) is 1. The zero-order chi connectivity index (χ0) is 10.8. The first-order valence-electron chi connectivity index (χ1n) is 5.04. The molecular formula is C9H14N2O3S. The maximum atomic E-state index is 11.9. The second kappa shape index (κ2) is 4.40. The van der Waals surface area contributed by atoms with Crippen LogP contribution in [0.25, 0.3) is 0 Å². The Bertz CT molecular complexity index is 279. The molecule has 0 aromatic rings. The van der Waals surface area contributed by atoms with E-state index < -0.39 is 12.0 Å². The molecule has 0 saturated carbocycles. The van der Waals surface area contributed by atoms with Crippen molar-refractivity contribution >= 4 is 23.6 Å². The van der Waals surface area contributed by atoms with Crippen molar-refractivity contribution in [3.05, 3.63) is 0 Å². The summed E-state index contributed by atoms with van der Waals surface area (Å²) in [5.74, 6) is 0.0677. The third kappa shape index (κ3) is 2.10. The van der Waals surface area contributed by atoms with Crippen molar-refractivity contribution in [1.29, 1.82) is 0 Å². The van der Waals surface area contributed by atoms with Crippen molar-refractivity contribution < 1.29 is 14.7 Å². The van der Waals surface area contributed by atoms with Gasteiger partial charge in [0.1, 0.15) is 6.04 Å². The zero-order valence-electron chi connectivity index (χ0n) is 8.31. The van der Waals surface area contributed by atoms with E-state index in [1.807, 2.05) is 0 Å². The number of hydrogen-bond donors (Lipinski definition) is 2. The summed E-state index contributed by atoms with van der Waals surface area (Å²) in [7, 11) is 0. The Labute approximate surface area is 92.2 Å². The van der Waals surface area contributed by atoms with Crippen LogP contribution in [0.2, 0.25) is 0 Å². The van der Waals surface area contributed by atoms with Gasteiger partial charge in [-0.05, 0) is 19.4 Å². The lowest BCUT2D eigenvalue weighted by Gasteiger charge is -2.23. The summed E-state index contributed by atoms with van der Waals surface area (Å²) in [6.07, 6.45) is 1.82. The minimum absolute atomic E-state index is 0.0510. The number of nitrogens with zero attached hydrogens (tertiary/aromatic N) is 1. The number of thioether (sulfide) groups is 1. The SMILES string of the molecule is O=C(O)[C@@H]1CSCN1C(=O)[C@H]1CCCN1. The quantitative estimate of drug-likeness (QED) is 0.683. The van der Waals surface area contributed by atoms with Gasteiger partial charge in [0.25, 0.3) is 0 Å². The van der Waals surface area contributed by atoms with Crippen molar-refractivity contribution in [2.75, 3.05) is 18.2 Å². The Morgan fingerprint density at radius 1 is 1.47 bits per heavy atom. The van der Waals surface area contributed by atoms with Gasteiger partial charge in [-0.2, -0.15) is 0 Å². The van der Waals surface area contributed by atoms with Crippen LogP contribution < -0.4 is 5.32 Å². The van der Waals surface area contributed by atoms with Crippen molar-refractivity contribution in [1.82, 2.24) is 10.2 Å². The molecule has 2 rings (SSSR count). The fourth-order valence-electron chi connectivity index (χ4n) is 1.96. The van der Waals surface area contributed by atoms with Gasteiger partial charge in [-0.1, -0.05) is 0 Å². The fourth-order valence-corrected chi connectivity index (χ4v) is 3.12. The normalized spacial score (nSPS) is 30.8. The molecule has 2 saturated heterocycles. The van der Waals surface area contributed by atoms with E-state index in [0.29, 0.717) is 11.6 Å². The van der Waals surface area contributed by atoms with Gasteiger partial charge in [0, 0.05) is 5.75 Å². The number of aliphatic carboxylic acids is 1. The first-order valence-corrected chi connectivity index (χ1v) is 6.20. The first-order chi connectivity index (χ1) is 7.20. The second-order valence-corrected chi connectivity index (χ2v) is 4.81. The topological polar surface area (TPSA) is 69.6 Å². The van der Waals surface area contributed by atoms with E-state index in [9.17, 15) is 9.59 Å². The molecule has 15 heavy (non-hydrogen) atoms. The molecule has 0 radical (unpaired) electrons. The summed E-state index contributed by atoms with van der Waals surface area (Å²) < 4.78 is 0. The summed E-state index contributed by atoms with van der Waals surface area (Å²) in [6.45, 7) is 0.856. The molecule has 0 aliphatic carbocycles. The highest BCUT2D eigenvalue weighted by Gasteiger charge is 2.38. The summed E-state index contributed by atoms with van der Waals surface area (Å²) in [5, 5.41) is 12.0. The molecule has 0 spiro atoms. The van der Waals surface area contributed by atoms with E-state index in [2.05, 4.69) is 5.32 Å². The maximum Gasteiger partial charge on any atom is 0.327 e. The Kier molecular flexibility index (Phi) is 3.16. The zero-order valence-corrected chi connectivity index (χ0v) is 9.13. The van der Waals surface area contributed by atoms with Crippen LogP contribution in [0, 0.1) is 0 Å². The molecule has 0 bridgehead atoms. The third-order valence-electron chi connectivity index (χ3n) is 2.81. The maximum absolute atomic E-state index is 11.9. The molecule has 6 heteroatoms. The summed E-state index contributed by atoms with van der Waals surface area (Å²) in [6, 6.07) is -0.796. The van der Waals surface area contributed by atoms with E-state index in [1.54, 1.807) is 0 Å². The minimum Gasteiger partial charge on any atom is -0.480 e. The van der Waals surface area contributed by atoms with E-state index in [-0.39, 0.29) is 11.9 Å². The number of nitrogens with one attached hydrogen (secondary N) is 1. The average Bonchev–Trinajstić information content (AvgIpc) is 2.88. The molecule has 0 aromatic heterocycles. The Morgan fingerprint density at radius 2 is 2.27 bits per heavy atom. The molecule has 2 atom stereocenters. The van der Waals surface area contributed by atoms with Gasteiger partial charge >= 0.3 is 5.97 Å². The highest BCUT2D eigenvalue weighted by Crippen LogP contribution is 2.23. The van der Waals surface area contributed by atoms with Crippen molar-refractivity contribution in [2.24, 2.45) is 0 Å². The largest absolute Gasteiger partial charge is 0.480 e. The lowest BCUT2D eigenvalue weighted by molar-refractivity contribution is -0.148. The molecule has 2 heterocycles. The van der Waals surface area contributed by atoms with Crippen LogP contribution in [-0.2, 0) is 9.59 Å². The van der Waals surface area contributed by atoms with Gasteiger partial charge < -0.3 is 15.3 Å². The van der Waals surface area contributed by atoms with Gasteiger partial charge in [0.05, 0.1) is 11.9 Å². The third-order valence-corrected chi connectivity index (χ3v) is 3.82. The summed E-state index contributed by atoms with van der Waals surface area (Å²) in [4.78, 5) is 24.3. The molecule has 2 aliphatic heterocycles. The lowest BCUT2D eigenvalue weighted by Crippen LogP contribution is -2.48. The fraction of sp³-hybridized carbons (Fsp3) is 0.778.